The Bertz CT molecular complexity index is 371. The van der Waals surface area contributed by atoms with Gasteiger partial charge in [-0.2, -0.15) is 0 Å². The highest BCUT2D eigenvalue weighted by Gasteiger charge is 2.46. The summed E-state index contributed by atoms with van der Waals surface area (Å²) in [6, 6.07) is -0.522. The number of hydrogen-bond acceptors (Lipinski definition) is 4. The van der Waals surface area contributed by atoms with Crippen molar-refractivity contribution in [2.45, 2.75) is 38.8 Å². The van der Waals surface area contributed by atoms with Gasteiger partial charge in [-0.25, -0.2) is 4.79 Å². The molecule has 1 saturated heterocycles. The van der Waals surface area contributed by atoms with Gasteiger partial charge in [0.2, 0.25) is 5.91 Å². The van der Waals surface area contributed by atoms with Gasteiger partial charge in [0, 0.05) is 12.6 Å². The number of halogens is 1. The second kappa shape index (κ2) is 6.72. The average molecular weight is 293 g/mol. The molecule has 110 valence electrons. The first kappa shape index (κ1) is 17.7. The molecule has 1 fully saturated rings. The van der Waals surface area contributed by atoms with Crippen LogP contribution in [-0.2, 0) is 9.59 Å². The summed E-state index contributed by atoms with van der Waals surface area (Å²) in [5.41, 5.74) is 4.56. The fourth-order valence-electron chi connectivity index (χ4n) is 1.60. The molecule has 0 aromatic carbocycles. The molecule has 1 unspecified atom stereocenters. The van der Waals surface area contributed by atoms with Crippen LogP contribution >= 0.6 is 12.4 Å². The molecule has 1 aliphatic rings. The summed E-state index contributed by atoms with van der Waals surface area (Å²) in [5, 5.41) is 4.85. The smallest absolute Gasteiger partial charge is 0.325 e. The number of nitrogens with zero attached hydrogens (tertiary/aromatic N) is 1. The number of carbonyl (C=O) groups is 3. The molecule has 1 aliphatic heterocycles. The lowest BCUT2D eigenvalue weighted by atomic mass is 10.0. The third-order valence-corrected chi connectivity index (χ3v) is 2.92. The van der Waals surface area contributed by atoms with Gasteiger partial charge in [0.1, 0.15) is 12.1 Å². The Balaban J connectivity index is 0.00000324. The van der Waals surface area contributed by atoms with Crippen molar-refractivity contribution in [1.82, 2.24) is 15.5 Å². The molecule has 8 heteroatoms. The van der Waals surface area contributed by atoms with Crippen molar-refractivity contribution in [1.29, 1.82) is 0 Å². The molecule has 19 heavy (non-hydrogen) atoms. The molecule has 1 atom stereocenters. The zero-order chi connectivity index (χ0) is 13.9. The monoisotopic (exact) mass is 292 g/mol. The van der Waals surface area contributed by atoms with Gasteiger partial charge in [0.25, 0.3) is 5.91 Å². The largest absolute Gasteiger partial charge is 0.355 e. The van der Waals surface area contributed by atoms with Crippen LogP contribution in [-0.4, -0.2) is 47.4 Å². The number of hydrogen-bond donors (Lipinski definition) is 3. The maximum atomic E-state index is 11.6. The minimum absolute atomic E-state index is 0. The number of carbonyl (C=O) groups excluding carboxylic acids is 3. The molecule has 4 amide bonds. The molecule has 0 radical (unpaired) electrons. The highest BCUT2D eigenvalue weighted by molar-refractivity contribution is 6.07. The van der Waals surface area contributed by atoms with Crippen molar-refractivity contribution in [3.63, 3.8) is 0 Å². The molecule has 1 rings (SSSR count). The van der Waals surface area contributed by atoms with Gasteiger partial charge < -0.3 is 16.0 Å². The maximum Gasteiger partial charge on any atom is 0.325 e. The van der Waals surface area contributed by atoms with Crippen molar-refractivity contribution in [2.24, 2.45) is 5.73 Å². The Morgan fingerprint density at radius 2 is 2.05 bits per heavy atom. The number of urea groups is 1. The van der Waals surface area contributed by atoms with Crippen LogP contribution in [0.4, 0.5) is 4.79 Å². The Kier molecular flexibility index (Phi) is 6.24. The van der Waals surface area contributed by atoms with Crippen molar-refractivity contribution in [2.75, 3.05) is 13.1 Å². The van der Waals surface area contributed by atoms with E-state index in [2.05, 4.69) is 10.6 Å². The lowest BCUT2D eigenvalue weighted by Gasteiger charge is -2.27. The highest BCUT2D eigenvalue weighted by atomic mass is 35.5. The summed E-state index contributed by atoms with van der Waals surface area (Å²) in [5.74, 6) is -0.690. The Hall–Kier alpha value is -1.34. The Labute approximate surface area is 118 Å². The van der Waals surface area contributed by atoms with Gasteiger partial charge in [0.15, 0.2) is 0 Å². The molecule has 0 aromatic rings. The van der Waals surface area contributed by atoms with Gasteiger partial charge in [0.05, 0.1) is 0 Å². The SMILES string of the molecule is CC(N)CCNC(=O)CN1C(=O)NC(=O)C1(C)C.Cl. The van der Waals surface area contributed by atoms with Gasteiger partial charge in [-0.1, -0.05) is 0 Å². The van der Waals surface area contributed by atoms with Crippen LogP contribution in [0.5, 0.6) is 0 Å². The summed E-state index contributed by atoms with van der Waals surface area (Å²) in [7, 11) is 0. The summed E-state index contributed by atoms with van der Waals surface area (Å²) in [4.78, 5) is 35.8. The second-order valence-electron chi connectivity index (χ2n) is 5.02. The number of nitrogens with one attached hydrogen (secondary N) is 2. The first-order valence-corrected chi connectivity index (χ1v) is 5.90. The molecule has 7 nitrogen and oxygen atoms in total. The summed E-state index contributed by atoms with van der Waals surface area (Å²) in [6.45, 7) is 5.37. The summed E-state index contributed by atoms with van der Waals surface area (Å²) < 4.78 is 0. The van der Waals surface area contributed by atoms with E-state index >= 15 is 0 Å². The van der Waals surface area contributed by atoms with Crippen molar-refractivity contribution in [3.8, 4) is 0 Å². The Morgan fingerprint density at radius 1 is 1.47 bits per heavy atom. The fourth-order valence-corrected chi connectivity index (χ4v) is 1.60. The first-order valence-electron chi connectivity index (χ1n) is 5.90. The lowest BCUT2D eigenvalue weighted by Crippen LogP contribution is -2.49. The predicted octanol–water partition coefficient (Wildman–Crippen LogP) is -0.408. The van der Waals surface area contributed by atoms with Crippen LogP contribution in [0.3, 0.4) is 0 Å². The van der Waals surface area contributed by atoms with Crippen LogP contribution in [0.1, 0.15) is 27.2 Å². The van der Waals surface area contributed by atoms with Gasteiger partial charge in [-0.05, 0) is 27.2 Å². The minimum atomic E-state index is -0.990. The first-order chi connectivity index (χ1) is 8.25. The standard InChI is InChI=1S/C11H20N4O3.ClH/c1-7(12)4-5-13-8(16)6-15-10(18)14-9(17)11(15,2)3;/h7H,4-6,12H2,1-3H3,(H,13,16)(H,14,17,18);1H. The van der Waals surface area contributed by atoms with Crippen LogP contribution in [0, 0.1) is 0 Å². The molecule has 0 spiro atoms. The molecule has 0 saturated carbocycles. The van der Waals surface area contributed by atoms with Crippen LogP contribution in [0.25, 0.3) is 0 Å². The molecule has 0 aliphatic carbocycles. The molecule has 0 aromatic heterocycles. The quantitative estimate of drug-likeness (QED) is 0.599. The van der Waals surface area contributed by atoms with E-state index in [9.17, 15) is 14.4 Å². The predicted molar refractivity (Wildman–Crippen MR) is 72.8 cm³/mol. The van der Waals surface area contributed by atoms with Gasteiger partial charge in [-0.3, -0.25) is 14.9 Å². The van der Waals surface area contributed by atoms with Gasteiger partial charge in [-0.15, -0.1) is 12.4 Å². The Morgan fingerprint density at radius 3 is 2.47 bits per heavy atom. The van der Waals surface area contributed by atoms with E-state index in [1.54, 1.807) is 13.8 Å². The van der Waals surface area contributed by atoms with Crippen molar-refractivity contribution < 1.29 is 14.4 Å². The molecular formula is C11H21ClN4O3. The summed E-state index contributed by atoms with van der Waals surface area (Å²) in [6.07, 6.45) is 0.667. The molecule has 0 bridgehead atoms. The average Bonchev–Trinajstić information content (AvgIpc) is 2.41. The van der Waals surface area contributed by atoms with Crippen LogP contribution < -0.4 is 16.4 Å². The molecule has 1 heterocycles. The highest BCUT2D eigenvalue weighted by Crippen LogP contribution is 2.19. The molecule has 4 N–H and O–H groups in total. The number of nitrogens with two attached hydrogens (primary N) is 1. The normalized spacial score (nSPS) is 18.6. The third kappa shape index (κ3) is 4.36. The second-order valence-corrected chi connectivity index (χ2v) is 5.02. The van der Waals surface area contributed by atoms with Crippen molar-refractivity contribution in [3.05, 3.63) is 0 Å². The zero-order valence-electron chi connectivity index (χ0n) is 11.4. The fraction of sp³-hybridized carbons (Fsp3) is 0.727. The van der Waals surface area contributed by atoms with Gasteiger partial charge >= 0.3 is 6.03 Å². The van der Waals surface area contributed by atoms with E-state index < -0.39 is 17.5 Å². The minimum Gasteiger partial charge on any atom is -0.355 e. The van der Waals surface area contributed by atoms with E-state index in [4.69, 9.17) is 5.73 Å². The van der Waals surface area contributed by atoms with Crippen LogP contribution in [0.2, 0.25) is 0 Å². The zero-order valence-corrected chi connectivity index (χ0v) is 12.2. The third-order valence-electron chi connectivity index (χ3n) is 2.92. The topological polar surface area (TPSA) is 105 Å². The number of rotatable bonds is 5. The van der Waals surface area contributed by atoms with E-state index in [1.165, 1.54) is 4.90 Å². The van der Waals surface area contributed by atoms with E-state index in [0.717, 1.165) is 0 Å². The maximum absolute atomic E-state index is 11.6. The van der Waals surface area contributed by atoms with E-state index in [0.29, 0.717) is 13.0 Å². The number of imide groups is 1. The lowest BCUT2D eigenvalue weighted by molar-refractivity contribution is -0.127. The van der Waals surface area contributed by atoms with Crippen molar-refractivity contribution >= 4 is 30.3 Å². The summed E-state index contributed by atoms with van der Waals surface area (Å²) >= 11 is 0. The van der Waals surface area contributed by atoms with Crippen LogP contribution in [0.15, 0.2) is 0 Å². The van der Waals surface area contributed by atoms with E-state index in [1.807, 2.05) is 6.92 Å². The molecular weight excluding hydrogens is 272 g/mol. The number of amides is 4. The van der Waals surface area contributed by atoms with E-state index in [-0.39, 0.29) is 30.9 Å².